The van der Waals surface area contributed by atoms with E-state index < -0.39 is 28.9 Å². The highest BCUT2D eigenvalue weighted by Crippen LogP contribution is 2.77. The van der Waals surface area contributed by atoms with Crippen LogP contribution in [0.25, 0.3) is 0 Å². The van der Waals surface area contributed by atoms with Crippen molar-refractivity contribution in [3.8, 4) is 0 Å². The molecule has 1 aromatic heterocycles. The van der Waals surface area contributed by atoms with Gasteiger partial charge in [0, 0.05) is 55.8 Å². The highest BCUT2D eigenvalue weighted by molar-refractivity contribution is 6.00. The van der Waals surface area contributed by atoms with Crippen LogP contribution >= 0.6 is 0 Å². The largest absolute Gasteiger partial charge is 0.481 e. The standard InChI is InChI=1S/C47H73N3O6/c1-30(2)39-33(51)25-47(36(52)29-50(24-23-49(10)11)28-31-13-12-22-48-27-31)21-20-45(8)32(40(39)47)14-15-35-44(7)18-17-37(56-38(53)26-42(3,4)41(54)55)43(5,6)34(44)16-19-46(35,45)9/h12-13,22,27,30,32,34-37,52H,14-21,23-26,28-29H2,1-11H3,(H,54,55)/t32-,34+,35-,36+,37+,44+,45-,46-,47+/m1/s1. The number of carboxylic acids is 1. The van der Waals surface area contributed by atoms with Gasteiger partial charge in [-0.2, -0.15) is 0 Å². The van der Waals surface area contributed by atoms with Crippen LogP contribution in [0.1, 0.15) is 132 Å². The number of carbonyl (C=O) groups excluding carboxylic acids is 2. The van der Waals surface area contributed by atoms with Crippen LogP contribution in [0.2, 0.25) is 0 Å². The number of fused-ring (bicyclic) bond motifs is 7. The first-order chi connectivity index (χ1) is 26.0. The van der Waals surface area contributed by atoms with E-state index in [9.17, 15) is 24.6 Å². The third-order valence-corrected chi connectivity index (χ3v) is 16.9. The van der Waals surface area contributed by atoms with E-state index in [0.717, 1.165) is 75.6 Å². The molecule has 4 saturated carbocycles. The molecule has 1 heterocycles. The quantitative estimate of drug-likeness (QED) is 0.191. The molecule has 9 atom stereocenters. The van der Waals surface area contributed by atoms with Gasteiger partial charge in [-0.25, -0.2) is 0 Å². The molecule has 5 aliphatic carbocycles. The maximum absolute atomic E-state index is 14.3. The van der Waals surface area contributed by atoms with Crippen molar-refractivity contribution in [1.29, 1.82) is 0 Å². The van der Waals surface area contributed by atoms with Gasteiger partial charge in [-0.3, -0.25) is 24.3 Å². The molecular formula is C47H73N3O6. The molecule has 1 aromatic rings. The number of hydrogen-bond donors (Lipinski definition) is 2. The second kappa shape index (κ2) is 15.2. The molecular weight excluding hydrogens is 703 g/mol. The fourth-order valence-corrected chi connectivity index (χ4v) is 13.7. The summed E-state index contributed by atoms with van der Waals surface area (Å²) in [7, 11) is 4.17. The third-order valence-electron chi connectivity index (χ3n) is 16.9. The molecule has 0 bridgehead atoms. The van der Waals surface area contributed by atoms with Gasteiger partial charge in [0.15, 0.2) is 5.78 Å². The van der Waals surface area contributed by atoms with Crippen molar-refractivity contribution in [2.24, 2.45) is 56.2 Å². The van der Waals surface area contributed by atoms with E-state index in [-0.39, 0.29) is 51.8 Å². The summed E-state index contributed by atoms with van der Waals surface area (Å²) in [5.74, 6) is 0.0313. The van der Waals surface area contributed by atoms with Crippen LogP contribution in [0, 0.1) is 56.2 Å². The summed E-state index contributed by atoms with van der Waals surface area (Å²) in [5, 5.41) is 22.3. The lowest BCUT2D eigenvalue weighted by Gasteiger charge is -2.72. The predicted octanol–water partition coefficient (Wildman–Crippen LogP) is 8.20. The Kier molecular flexibility index (Phi) is 11.7. The smallest absolute Gasteiger partial charge is 0.309 e. The third kappa shape index (κ3) is 7.12. The van der Waals surface area contributed by atoms with Crippen molar-refractivity contribution in [2.45, 2.75) is 145 Å². The van der Waals surface area contributed by atoms with Crippen molar-refractivity contribution in [2.75, 3.05) is 33.7 Å². The number of likely N-dealkylation sites (N-methyl/N-ethyl adjacent to an activating group) is 1. The number of pyridine rings is 1. The zero-order valence-electron chi connectivity index (χ0n) is 36.5. The number of carboxylic acid groups (broad SMARTS) is 1. The maximum Gasteiger partial charge on any atom is 0.309 e. The number of aliphatic hydroxyl groups excluding tert-OH is 1. The second-order valence-corrected chi connectivity index (χ2v) is 21.5. The lowest BCUT2D eigenvalue weighted by molar-refractivity contribution is -0.235. The number of ketones is 1. The van der Waals surface area contributed by atoms with Gasteiger partial charge in [-0.05, 0) is 136 Å². The van der Waals surface area contributed by atoms with Gasteiger partial charge in [-0.15, -0.1) is 0 Å². The van der Waals surface area contributed by atoms with E-state index in [4.69, 9.17) is 4.74 Å². The predicted molar refractivity (Wildman–Crippen MR) is 219 cm³/mol. The number of carbonyl (C=O) groups is 3. The van der Waals surface area contributed by atoms with Crippen molar-refractivity contribution in [3.05, 3.63) is 41.2 Å². The minimum atomic E-state index is -1.17. The minimum Gasteiger partial charge on any atom is -0.481 e. The Bertz CT molecular complexity index is 1690. The summed E-state index contributed by atoms with van der Waals surface area (Å²) in [6.45, 7) is 22.6. The van der Waals surface area contributed by atoms with Gasteiger partial charge < -0.3 is 19.8 Å². The molecule has 4 fully saturated rings. The molecule has 0 spiro atoms. The maximum atomic E-state index is 14.3. The fraction of sp³-hybridized carbons (Fsp3) is 0.787. The summed E-state index contributed by atoms with van der Waals surface area (Å²) in [6.07, 6.45) is 10.9. The number of aliphatic carboxylic acids is 1. The topological polar surface area (TPSA) is 120 Å². The number of ether oxygens (including phenoxy) is 1. The van der Waals surface area contributed by atoms with E-state index >= 15 is 0 Å². The SMILES string of the molecule is CC(C)C1=C2[C@H]3CC[C@@H]4[C@@]5(C)CC[C@H](OC(=O)CC(C)(C)C(=O)O)C(C)(C)[C@@H]5CC[C@@]4(C)[C@]3(C)CC[C@@]2([C@@H](O)CN(CCN(C)C)Cc2cccnc2)CC1=O. The zero-order valence-corrected chi connectivity index (χ0v) is 36.5. The number of nitrogens with zero attached hydrogens (tertiary/aromatic N) is 3. The molecule has 0 aromatic carbocycles. The van der Waals surface area contributed by atoms with Crippen LogP contribution in [0.5, 0.6) is 0 Å². The normalized spacial score (nSPS) is 35.9. The first kappa shape index (κ1) is 43.0. The van der Waals surface area contributed by atoms with Crippen molar-refractivity contribution < 1.29 is 29.3 Å². The summed E-state index contributed by atoms with van der Waals surface area (Å²) in [4.78, 5) is 48.1. The molecule has 2 N–H and O–H groups in total. The van der Waals surface area contributed by atoms with Gasteiger partial charge >= 0.3 is 11.9 Å². The first-order valence-electron chi connectivity index (χ1n) is 21.7. The van der Waals surface area contributed by atoms with Gasteiger partial charge in [-0.1, -0.05) is 60.1 Å². The molecule has 56 heavy (non-hydrogen) atoms. The number of esters is 1. The van der Waals surface area contributed by atoms with Crippen LogP contribution in [-0.4, -0.2) is 88.7 Å². The Morgan fingerprint density at radius 1 is 0.964 bits per heavy atom. The molecule has 312 valence electrons. The van der Waals surface area contributed by atoms with Crippen LogP contribution in [0.4, 0.5) is 0 Å². The van der Waals surface area contributed by atoms with Gasteiger partial charge in [0.05, 0.1) is 17.9 Å². The highest BCUT2D eigenvalue weighted by atomic mass is 16.5. The fourth-order valence-electron chi connectivity index (χ4n) is 13.7. The van der Waals surface area contributed by atoms with Crippen LogP contribution < -0.4 is 0 Å². The molecule has 9 heteroatoms. The van der Waals surface area contributed by atoms with E-state index in [1.54, 1.807) is 20.0 Å². The molecule has 0 aliphatic heterocycles. The van der Waals surface area contributed by atoms with Gasteiger partial charge in [0.25, 0.3) is 0 Å². The number of hydrogen-bond acceptors (Lipinski definition) is 8. The lowest BCUT2D eigenvalue weighted by Crippen LogP contribution is -2.66. The average Bonchev–Trinajstić information content (AvgIpc) is 3.42. The summed E-state index contributed by atoms with van der Waals surface area (Å²) in [6, 6.07) is 4.07. The number of aliphatic hydroxyl groups is 1. The molecule has 0 unspecified atom stereocenters. The highest BCUT2D eigenvalue weighted by Gasteiger charge is 2.71. The van der Waals surface area contributed by atoms with Crippen LogP contribution in [-0.2, 0) is 25.7 Å². The lowest BCUT2D eigenvalue weighted by atomic mass is 9.33. The molecule has 0 saturated heterocycles. The van der Waals surface area contributed by atoms with E-state index in [2.05, 4.69) is 83.4 Å². The zero-order chi connectivity index (χ0) is 41.2. The number of aromatic nitrogens is 1. The summed E-state index contributed by atoms with van der Waals surface area (Å²) < 4.78 is 6.19. The molecule has 0 radical (unpaired) electrons. The Morgan fingerprint density at radius 2 is 1.68 bits per heavy atom. The Hall–Kier alpha value is -2.62. The molecule has 9 nitrogen and oxygen atoms in total. The molecule has 0 amide bonds. The Labute approximate surface area is 337 Å². The monoisotopic (exact) mass is 776 g/mol. The second-order valence-electron chi connectivity index (χ2n) is 21.5. The number of rotatable bonds is 13. The van der Waals surface area contributed by atoms with Gasteiger partial charge in [0.2, 0.25) is 0 Å². The van der Waals surface area contributed by atoms with Crippen molar-refractivity contribution >= 4 is 17.7 Å². The Morgan fingerprint density at radius 3 is 2.30 bits per heavy atom. The van der Waals surface area contributed by atoms with Crippen LogP contribution in [0.3, 0.4) is 0 Å². The summed E-state index contributed by atoms with van der Waals surface area (Å²) >= 11 is 0. The number of allylic oxidation sites excluding steroid dienone is 1. The minimum absolute atomic E-state index is 0.0244. The first-order valence-corrected chi connectivity index (χ1v) is 21.7. The van der Waals surface area contributed by atoms with E-state index in [1.165, 1.54) is 5.57 Å². The average molecular weight is 776 g/mol. The van der Waals surface area contributed by atoms with E-state index in [1.807, 2.05) is 12.3 Å². The van der Waals surface area contributed by atoms with Gasteiger partial charge in [0.1, 0.15) is 6.10 Å². The molecule has 6 rings (SSSR count). The van der Waals surface area contributed by atoms with E-state index in [0.29, 0.717) is 31.3 Å². The van der Waals surface area contributed by atoms with Crippen molar-refractivity contribution in [1.82, 2.24) is 14.8 Å². The van der Waals surface area contributed by atoms with Crippen molar-refractivity contribution in [3.63, 3.8) is 0 Å². The number of Topliss-reactive ketones (excluding diaryl/α,β-unsaturated/α-hetero) is 1. The Balaban J connectivity index is 1.29. The van der Waals surface area contributed by atoms with Crippen LogP contribution in [0.15, 0.2) is 35.7 Å². The summed E-state index contributed by atoms with van der Waals surface area (Å²) in [5.41, 5.74) is 1.55. The molecule has 5 aliphatic rings.